The zero-order chi connectivity index (χ0) is 22.5. The average Bonchev–Trinajstić information content (AvgIpc) is 2.74. The molecule has 1 heterocycles. The molecule has 0 unspecified atom stereocenters. The number of aliphatic carboxylic acids is 1. The molecular weight excluding hydrogens is 406 g/mol. The lowest BCUT2D eigenvalue weighted by atomic mass is 10.1. The molecule has 3 aromatic rings. The Labute approximate surface area is 175 Å². The molecule has 0 spiro atoms. The summed E-state index contributed by atoms with van der Waals surface area (Å²) >= 11 is 0. The topological polar surface area (TPSA) is 154 Å². The largest absolute Gasteiger partial charge is 0.508 e. The molecule has 0 aliphatic carbocycles. The van der Waals surface area contributed by atoms with Crippen LogP contribution in [0.3, 0.4) is 0 Å². The zero-order valence-corrected chi connectivity index (χ0v) is 16.3. The number of rotatable bonds is 7. The van der Waals surface area contributed by atoms with Gasteiger partial charge in [-0.05, 0) is 42.0 Å². The minimum absolute atomic E-state index is 0.0110. The molecule has 10 heteroatoms. The summed E-state index contributed by atoms with van der Waals surface area (Å²) in [4.78, 5) is 42.0. The van der Waals surface area contributed by atoms with Gasteiger partial charge in [0.25, 0.3) is 5.56 Å². The predicted molar refractivity (Wildman–Crippen MR) is 112 cm³/mol. The van der Waals surface area contributed by atoms with E-state index in [1.807, 2.05) is 0 Å². The maximum absolute atomic E-state index is 12.2. The van der Waals surface area contributed by atoms with Gasteiger partial charge in [0.1, 0.15) is 17.1 Å². The number of phenolic OH excluding ortho intramolecular Hbond substituents is 1. The number of nitrogens with one attached hydrogen (secondary N) is 1. The molecule has 0 radical (unpaired) electrons. The van der Waals surface area contributed by atoms with Gasteiger partial charge >= 0.3 is 11.7 Å². The summed E-state index contributed by atoms with van der Waals surface area (Å²) in [5.41, 5.74) is -1.29. The van der Waals surface area contributed by atoms with Gasteiger partial charge in [-0.1, -0.05) is 12.1 Å². The van der Waals surface area contributed by atoms with Gasteiger partial charge in [-0.15, -0.1) is 0 Å². The average molecular weight is 425 g/mol. The summed E-state index contributed by atoms with van der Waals surface area (Å²) in [6.45, 7) is 0. The number of benzene rings is 2. The second-order valence-corrected chi connectivity index (χ2v) is 6.53. The Morgan fingerprint density at radius 2 is 1.77 bits per heavy atom. The summed E-state index contributed by atoms with van der Waals surface area (Å²) in [5.74, 6) is -1.36. The molecule has 0 bridgehead atoms. The number of H-pyrrole nitrogens is 1. The number of aromatic amines is 1. The monoisotopic (exact) mass is 425 g/mol. The van der Waals surface area contributed by atoms with Crippen LogP contribution in [0, 0.1) is 0 Å². The van der Waals surface area contributed by atoms with Crippen LogP contribution in [-0.4, -0.2) is 50.2 Å². The zero-order valence-electron chi connectivity index (χ0n) is 16.3. The number of hydrogen-bond donors (Lipinski definition) is 4. The summed E-state index contributed by atoms with van der Waals surface area (Å²) in [5, 5.41) is 29.3. The Morgan fingerprint density at radius 3 is 2.35 bits per heavy atom. The van der Waals surface area contributed by atoms with Crippen molar-refractivity contribution < 1.29 is 24.9 Å². The minimum atomic E-state index is -1.26. The van der Waals surface area contributed by atoms with Crippen LogP contribution in [0.1, 0.15) is 11.1 Å². The van der Waals surface area contributed by atoms with Crippen molar-refractivity contribution in [2.24, 2.45) is 4.99 Å². The van der Waals surface area contributed by atoms with E-state index in [0.29, 0.717) is 11.3 Å². The van der Waals surface area contributed by atoms with Crippen LogP contribution >= 0.6 is 0 Å². The highest BCUT2D eigenvalue weighted by Crippen LogP contribution is 2.19. The first-order valence-electron chi connectivity index (χ1n) is 9.06. The van der Waals surface area contributed by atoms with Crippen LogP contribution in [0.15, 0.2) is 63.1 Å². The number of phenols is 1. The number of carbonyl (C=O) groups is 1. The molecule has 3 rings (SSSR count). The standard InChI is InChI=1S/C21H19N3O7/c1-31-15-8-4-13(5-9-15)24-19(27)16(18(26)23-21(24)30)11-22-17(20(28)29)10-12-2-6-14(25)7-3-12/h2-9,11,17,25,27H,10H2,1H3,(H,28,29)(H,23,26,30)/t17-/m1/s1. The first-order chi connectivity index (χ1) is 14.8. The van der Waals surface area contributed by atoms with Crippen LogP contribution < -0.4 is 16.0 Å². The lowest BCUT2D eigenvalue weighted by Gasteiger charge is -2.11. The molecule has 0 saturated carbocycles. The van der Waals surface area contributed by atoms with Crippen LogP contribution in [0.4, 0.5) is 0 Å². The van der Waals surface area contributed by atoms with Crippen LogP contribution in [0.5, 0.6) is 17.4 Å². The van der Waals surface area contributed by atoms with E-state index in [9.17, 15) is 29.7 Å². The molecule has 4 N–H and O–H groups in total. The molecule has 0 amide bonds. The number of carboxylic acids is 1. The van der Waals surface area contributed by atoms with Crippen molar-refractivity contribution >= 4 is 12.2 Å². The number of ether oxygens (including phenoxy) is 1. The van der Waals surface area contributed by atoms with E-state index >= 15 is 0 Å². The van der Waals surface area contributed by atoms with E-state index in [4.69, 9.17) is 4.74 Å². The number of nitrogens with zero attached hydrogens (tertiary/aromatic N) is 2. The Kier molecular flexibility index (Phi) is 6.20. The van der Waals surface area contributed by atoms with Gasteiger partial charge in [-0.2, -0.15) is 0 Å². The normalized spacial score (nSPS) is 12.0. The lowest BCUT2D eigenvalue weighted by molar-refractivity contribution is -0.138. The molecule has 1 aromatic heterocycles. The van der Waals surface area contributed by atoms with E-state index in [2.05, 4.69) is 9.98 Å². The molecule has 0 saturated heterocycles. The van der Waals surface area contributed by atoms with Crippen molar-refractivity contribution in [2.45, 2.75) is 12.5 Å². The Hall–Kier alpha value is -4.34. The SMILES string of the molecule is COc1ccc(-n2c(O)c(C=N[C@H](Cc3ccc(O)cc3)C(=O)O)c(=O)[nH]c2=O)cc1. The smallest absolute Gasteiger partial charge is 0.335 e. The highest BCUT2D eigenvalue weighted by Gasteiger charge is 2.19. The molecule has 0 aliphatic rings. The van der Waals surface area contributed by atoms with Crippen molar-refractivity contribution in [3.63, 3.8) is 0 Å². The van der Waals surface area contributed by atoms with Crippen molar-refractivity contribution in [1.82, 2.24) is 9.55 Å². The van der Waals surface area contributed by atoms with Crippen LogP contribution in [0.25, 0.3) is 5.69 Å². The maximum atomic E-state index is 12.2. The molecule has 160 valence electrons. The quantitative estimate of drug-likeness (QED) is 0.413. The summed E-state index contributed by atoms with van der Waals surface area (Å²) in [7, 11) is 1.48. The third-order valence-corrected chi connectivity index (χ3v) is 4.49. The van der Waals surface area contributed by atoms with Gasteiger partial charge in [-0.3, -0.25) is 14.8 Å². The Bertz CT molecular complexity index is 1230. The molecule has 31 heavy (non-hydrogen) atoms. The third-order valence-electron chi connectivity index (χ3n) is 4.49. The summed E-state index contributed by atoms with van der Waals surface area (Å²) in [6, 6.07) is 10.8. The van der Waals surface area contributed by atoms with E-state index < -0.39 is 29.1 Å². The van der Waals surface area contributed by atoms with Gasteiger partial charge in [-0.25, -0.2) is 14.2 Å². The van der Waals surface area contributed by atoms with E-state index in [1.165, 1.54) is 31.4 Å². The van der Waals surface area contributed by atoms with Gasteiger partial charge in [0.05, 0.1) is 12.8 Å². The van der Waals surface area contributed by atoms with Crippen molar-refractivity contribution in [3.8, 4) is 23.1 Å². The highest BCUT2D eigenvalue weighted by atomic mass is 16.5. The fourth-order valence-electron chi connectivity index (χ4n) is 2.85. The molecule has 1 atom stereocenters. The van der Waals surface area contributed by atoms with E-state index in [0.717, 1.165) is 10.8 Å². The number of hydrogen-bond acceptors (Lipinski definition) is 7. The summed E-state index contributed by atoms with van der Waals surface area (Å²) < 4.78 is 5.91. The van der Waals surface area contributed by atoms with Crippen molar-refractivity contribution in [3.05, 3.63) is 80.5 Å². The second kappa shape index (κ2) is 8.99. The van der Waals surface area contributed by atoms with Crippen molar-refractivity contribution in [1.29, 1.82) is 0 Å². The summed E-state index contributed by atoms with van der Waals surface area (Å²) in [6.07, 6.45) is 0.912. The third kappa shape index (κ3) is 4.81. The van der Waals surface area contributed by atoms with Crippen LogP contribution in [-0.2, 0) is 11.2 Å². The van der Waals surface area contributed by atoms with E-state index in [1.54, 1.807) is 24.3 Å². The fourth-order valence-corrected chi connectivity index (χ4v) is 2.85. The van der Waals surface area contributed by atoms with Gasteiger partial charge < -0.3 is 20.1 Å². The minimum Gasteiger partial charge on any atom is -0.508 e. The number of methoxy groups -OCH3 is 1. The molecule has 0 aliphatic heterocycles. The number of aromatic hydroxyl groups is 2. The van der Waals surface area contributed by atoms with Gasteiger partial charge in [0.2, 0.25) is 5.88 Å². The Balaban J connectivity index is 1.98. The lowest BCUT2D eigenvalue weighted by Crippen LogP contribution is -2.31. The van der Waals surface area contributed by atoms with Gasteiger partial charge in [0.15, 0.2) is 6.04 Å². The second-order valence-electron chi connectivity index (χ2n) is 6.53. The van der Waals surface area contributed by atoms with Crippen molar-refractivity contribution in [2.75, 3.05) is 7.11 Å². The molecule has 0 fully saturated rings. The number of aliphatic imine (C=N–C) groups is 1. The maximum Gasteiger partial charge on any atom is 0.335 e. The molecule has 10 nitrogen and oxygen atoms in total. The first kappa shape index (κ1) is 21.4. The van der Waals surface area contributed by atoms with Gasteiger partial charge in [0, 0.05) is 12.6 Å². The number of carboxylic acid groups (broad SMARTS) is 1. The predicted octanol–water partition coefficient (Wildman–Crippen LogP) is 1.06. The molecular formula is C21H19N3O7. The highest BCUT2D eigenvalue weighted by molar-refractivity contribution is 5.85. The van der Waals surface area contributed by atoms with E-state index in [-0.39, 0.29) is 23.4 Å². The van der Waals surface area contributed by atoms with Crippen LogP contribution in [0.2, 0.25) is 0 Å². The first-order valence-corrected chi connectivity index (χ1v) is 9.06. The fraction of sp³-hybridized carbons (Fsp3) is 0.143. The molecule has 2 aromatic carbocycles. The Morgan fingerprint density at radius 1 is 1.13 bits per heavy atom. The number of aromatic nitrogens is 2.